The normalized spacial score (nSPS) is 34.0. The van der Waals surface area contributed by atoms with Gasteiger partial charge in [-0.3, -0.25) is 4.79 Å². The fourth-order valence-corrected chi connectivity index (χ4v) is 5.23. The average molecular weight is 379 g/mol. The minimum absolute atomic E-state index is 0. The van der Waals surface area contributed by atoms with Crippen LogP contribution in [-0.4, -0.2) is 42.6 Å². The molecular formula is C21H31ClN2O2. The lowest BCUT2D eigenvalue weighted by molar-refractivity contribution is -0.147. The Bertz CT molecular complexity index is 583. The first-order valence-corrected chi connectivity index (χ1v) is 9.90. The molecule has 0 radical (unpaired) electrons. The summed E-state index contributed by atoms with van der Waals surface area (Å²) < 4.78 is 5.70. The molecule has 1 amide bonds. The van der Waals surface area contributed by atoms with Crippen molar-refractivity contribution in [2.45, 2.75) is 50.6 Å². The van der Waals surface area contributed by atoms with Gasteiger partial charge in [-0.25, -0.2) is 0 Å². The number of hydrogen-bond acceptors (Lipinski definition) is 3. The number of morpholine rings is 1. The predicted molar refractivity (Wildman–Crippen MR) is 105 cm³/mol. The van der Waals surface area contributed by atoms with E-state index in [1.165, 1.54) is 24.8 Å². The maximum atomic E-state index is 13.3. The Morgan fingerprint density at radius 2 is 1.85 bits per heavy atom. The van der Waals surface area contributed by atoms with Gasteiger partial charge in [-0.2, -0.15) is 0 Å². The molecule has 4 nitrogen and oxygen atoms in total. The van der Waals surface area contributed by atoms with E-state index in [1.807, 2.05) is 6.07 Å². The number of halogens is 1. The average Bonchev–Trinajstić information content (AvgIpc) is 2.62. The smallest absolute Gasteiger partial charge is 0.226 e. The van der Waals surface area contributed by atoms with Gasteiger partial charge in [0, 0.05) is 18.5 Å². The molecule has 0 aromatic heterocycles. The quantitative estimate of drug-likeness (QED) is 0.879. The van der Waals surface area contributed by atoms with Crippen LogP contribution >= 0.6 is 12.4 Å². The number of nitrogens with zero attached hydrogens (tertiary/aromatic N) is 1. The molecule has 3 unspecified atom stereocenters. The standard InChI is InChI=1S/C21H30N2O2.ClH/c22-20-16-7-4-8-17(20)13-18(12-16)21(24)23-9-10-25-14-19(23)11-15-5-2-1-3-6-15;/h1-3,5-6,16-20H,4,7-14,22H2;1H. The second-order valence-electron chi connectivity index (χ2n) is 8.15. The molecule has 2 saturated carbocycles. The van der Waals surface area contributed by atoms with Crippen LogP contribution in [0, 0.1) is 17.8 Å². The van der Waals surface area contributed by atoms with Gasteiger partial charge in [0.25, 0.3) is 0 Å². The van der Waals surface area contributed by atoms with Crippen molar-refractivity contribution in [2.75, 3.05) is 19.8 Å². The SMILES string of the molecule is Cl.NC1C2CCCC1CC(C(=O)N1CCOCC1Cc1ccccc1)C2. The first kappa shape index (κ1) is 19.7. The van der Waals surface area contributed by atoms with Gasteiger partial charge in [0.05, 0.1) is 19.3 Å². The molecule has 1 aromatic rings. The molecule has 3 aliphatic rings. The Morgan fingerprint density at radius 1 is 1.15 bits per heavy atom. The maximum absolute atomic E-state index is 13.3. The number of ether oxygens (including phenoxy) is 1. The van der Waals surface area contributed by atoms with E-state index in [1.54, 1.807) is 0 Å². The third kappa shape index (κ3) is 4.08. The highest BCUT2D eigenvalue weighted by molar-refractivity contribution is 5.85. The van der Waals surface area contributed by atoms with Gasteiger partial charge in [0.1, 0.15) is 0 Å². The van der Waals surface area contributed by atoms with Crippen LogP contribution in [0.25, 0.3) is 0 Å². The van der Waals surface area contributed by atoms with E-state index in [-0.39, 0.29) is 24.4 Å². The van der Waals surface area contributed by atoms with Crippen molar-refractivity contribution in [2.24, 2.45) is 23.5 Å². The van der Waals surface area contributed by atoms with Crippen molar-refractivity contribution in [3.05, 3.63) is 35.9 Å². The van der Waals surface area contributed by atoms with Gasteiger partial charge in [-0.1, -0.05) is 36.8 Å². The van der Waals surface area contributed by atoms with Gasteiger partial charge in [-0.05, 0) is 49.5 Å². The highest BCUT2D eigenvalue weighted by Gasteiger charge is 2.42. The van der Waals surface area contributed by atoms with E-state index in [4.69, 9.17) is 10.5 Å². The second kappa shape index (κ2) is 8.73. The molecule has 1 aromatic carbocycles. The van der Waals surface area contributed by atoms with E-state index >= 15 is 0 Å². The molecule has 1 saturated heterocycles. The Kier molecular flexibility index (Phi) is 6.60. The third-order valence-corrected chi connectivity index (χ3v) is 6.59. The molecule has 4 rings (SSSR count). The van der Waals surface area contributed by atoms with Gasteiger partial charge < -0.3 is 15.4 Å². The molecule has 1 heterocycles. The number of hydrogen-bond donors (Lipinski definition) is 1. The predicted octanol–water partition coefficient (Wildman–Crippen LogP) is 3.03. The van der Waals surface area contributed by atoms with Crippen LogP contribution < -0.4 is 5.73 Å². The van der Waals surface area contributed by atoms with Crippen molar-refractivity contribution in [1.82, 2.24) is 4.90 Å². The molecule has 5 heteroatoms. The maximum Gasteiger partial charge on any atom is 0.226 e. The summed E-state index contributed by atoms with van der Waals surface area (Å²) in [6.07, 6.45) is 6.57. The summed E-state index contributed by atoms with van der Waals surface area (Å²) in [4.78, 5) is 15.4. The van der Waals surface area contributed by atoms with Crippen LogP contribution in [0.2, 0.25) is 0 Å². The number of carbonyl (C=O) groups excluding carboxylic acids is 1. The molecule has 3 atom stereocenters. The van der Waals surface area contributed by atoms with E-state index in [2.05, 4.69) is 29.2 Å². The van der Waals surface area contributed by atoms with Crippen molar-refractivity contribution in [3.63, 3.8) is 0 Å². The molecule has 144 valence electrons. The molecular weight excluding hydrogens is 348 g/mol. The summed E-state index contributed by atoms with van der Waals surface area (Å²) in [6, 6.07) is 10.9. The summed E-state index contributed by atoms with van der Waals surface area (Å²) in [6.45, 7) is 2.05. The van der Waals surface area contributed by atoms with Crippen molar-refractivity contribution in [1.29, 1.82) is 0 Å². The van der Waals surface area contributed by atoms with Crippen LogP contribution in [0.1, 0.15) is 37.7 Å². The molecule has 2 aliphatic carbocycles. The number of fused-ring (bicyclic) bond motifs is 2. The van der Waals surface area contributed by atoms with Crippen LogP contribution in [0.4, 0.5) is 0 Å². The van der Waals surface area contributed by atoms with E-state index < -0.39 is 0 Å². The number of amides is 1. The summed E-state index contributed by atoms with van der Waals surface area (Å²) in [5.74, 6) is 1.63. The zero-order chi connectivity index (χ0) is 17.2. The van der Waals surface area contributed by atoms with E-state index in [9.17, 15) is 4.79 Å². The van der Waals surface area contributed by atoms with Crippen LogP contribution in [0.3, 0.4) is 0 Å². The fourth-order valence-electron chi connectivity index (χ4n) is 5.23. The molecule has 1 aliphatic heterocycles. The molecule has 3 fully saturated rings. The third-order valence-electron chi connectivity index (χ3n) is 6.59. The Morgan fingerprint density at radius 3 is 2.54 bits per heavy atom. The van der Waals surface area contributed by atoms with Crippen molar-refractivity contribution < 1.29 is 9.53 Å². The number of nitrogens with two attached hydrogens (primary N) is 1. The minimum atomic E-state index is 0. The highest BCUT2D eigenvalue weighted by atomic mass is 35.5. The highest BCUT2D eigenvalue weighted by Crippen LogP contribution is 2.42. The zero-order valence-corrected chi connectivity index (χ0v) is 16.2. The Balaban J connectivity index is 0.00000196. The lowest BCUT2D eigenvalue weighted by Crippen LogP contribution is -2.54. The zero-order valence-electron chi connectivity index (χ0n) is 15.4. The largest absolute Gasteiger partial charge is 0.377 e. The van der Waals surface area contributed by atoms with Crippen LogP contribution in [-0.2, 0) is 16.0 Å². The molecule has 2 N–H and O–H groups in total. The lowest BCUT2D eigenvalue weighted by Gasteiger charge is -2.46. The summed E-state index contributed by atoms with van der Waals surface area (Å²) in [7, 11) is 0. The Hall–Kier alpha value is -1.10. The minimum Gasteiger partial charge on any atom is -0.377 e. The molecule has 2 bridgehead atoms. The number of carbonyl (C=O) groups is 1. The van der Waals surface area contributed by atoms with Gasteiger partial charge in [0.15, 0.2) is 0 Å². The first-order valence-electron chi connectivity index (χ1n) is 9.90. The first-order chi connectivity index (χ1) is 12.2. The van der Waals surface area contributed by atoms with Crippen molar-refractivity contribution in [3.8, 4) is 0 Å². The summed E-state index contributed by atoms with van der Waals surface area (Å²) >= 11 is 0. The van der Waals surface area contributed by atoms with Gasteiger partial charge in [0.2, 0.25) is 5.91 Å². The van der Waals surface area contributed by atoms with Crippen LogP contribution in [0.5, 0.6) is 0 Å². The summed E-state index contributed by atoms with van der Waals surface area (Å²) in [5.41, 5.74) is 7.69. The van der Waals surface area contributed by atoms with Gasteiger partial charge in [-0.15, -0.1) is 12.4 Å². The van der Waals surface area contributed by atoms with Gasteiger partial charge >= 0.3 is 0 Å². The van der Waals surface area contributed by atoms with E-state index in [0.29, 0.717) is 37.0 Å². The van der Waals surface area contributed by atoms with Crippen LogP contribution in [0.15, 0.2) is 30.3 Å². The number of rotatable bonds is 3. The van der Waals surface area contributed by atoms with Crippen molar-refractivity contribution >= 4 is 18.3 Å². The topological polar surface area (TPSA) is 55.6 Å². The fraction of sp³-hybridized carbons (Fsp3) is 0.667. The number of benzene rings is 1. The molecule has 0 spiro atoms. The Labute approximate surface area is 162 Å². The molecule has 26 heavy (non-hydrogen) atoms. The summed E-state index contributed by atoms with van der Waals surface area (Å²) in [5, 5.41) is 0. The monoisotopic (exact) mass is 378 g/mol. The second-order valence-corrected chi connectivity index (χ2v) is 8.15. The van der Waals surface area contributed by atoms with E-state index in [0.717, 1.165) is 25.8 Å². The lowest BCUT2D eigenvalue weighted by atomic mass is 9.65.